The fourth-order valence-corrected chi connectivity index (χ4v) is 2.51. The van der Waals surface area contributed by atoms with Crippen LogP contribution in [0.15, 0.2) is 48.5 Å². The summed E-state index contributed by atoms with van der Waals surface area (Å²) in [5, 5.41) is 5.58. The van der Waals surface area contributed by atoms with Crippen LogP contribution in [-0.2, 0) is 16.0 Å². The predicted molar refractivity (Wildman–Crippen MR) is 121 cm³/mol. The minimum Gasteiger partial charge on any atom is -0.497 e. The van der Waals surface area contributed by atoms with Gasteiger partial charge < -0.3 is 26.0 Å². The van der Waals surface area contributed by atoms with E-state index in [2.05, 4.69) is 10.6 Å². The Balaban J connectivity index is 0.00000392. The van der Waals surface area contributed by atoms with E-state index in [0.29, 0.717) is 17.8 Å². The van der Waals surface area contributed by atoms with Gasteiger partial charge in [0, 0.05) is 11.4 Å². The molecule has 0 aliphatic heterocycles. The van der Waals surface area contributed by atoms with Crippen LogP contribution in [0.3, 0.4) is 0 Å². The van der Waals surface area contributed by atoms with Crippen molar-refractivity contribution in [1.82, 2.24) is 4.90 Å². The number of hydrogen-bond donors (Lipinski definition) is 3. The second kappa shape index (κ2) is 13.0. The SMILES string of the molecule is COc1ccc(C[C@H](N)C(=O)Nc2cccc(NC(=O)CN(C)C)c2)cc1.Cl.Cl. The van der Waals surface area contributed by atoms with Crippen LogP contribution in [0.25, 0.3) is 0 Å². The van der Waals surface area contributed by atoms with Crippen molar-refractivity contribution in [1.29, 1.82) is 0 Å². The van der Waals surface area contributed by atoms with Crippen LogP contribution in [0, 0.1) is 0 Å². The van der Waals surface area contributed by atoms with E-state index >= 15 is 0 Å². The van der Waals surface area contributed by atoms with Crippen LogP contribution < -0.4 is 21.1 Å². The van der Waals surface area contributed by atoms with Gasteiger partial charge in [-0.1, -0.05) is 18.2 Å². The van der Waals surface area contributed by atoms with Crippen molar-refractivity contribution < 1.29 is 14.3 Å². The van der Waals surface area contributed by atoms with E-state index in [4.69, 9.17) is 10.5 Å². The molecule has 0 heterocycles. The second-order valence-electron chi connectivity index (χ2n) is 6.51. The summed E-state index contributed by atoms with van der Waals surface area (Å²) in [6.07, 6.45) is 0.412. The van der Waals surface area contributed by atoms with Gasteiger partial charge in [-0.15, -0.1) is 24.8 Å². The zero-order valence-corrected chi connectivity index (χ0v) is 18.3. The molecule has 29 heavy (non-hydrogen) atoms. The first-order chi connectivity index (χ1) is 12.9. The van der Waals surface area contributed by atoms with Gasteiger partial charge in [-0.3, -0.25) is 9.59 Å². The Morgan fingerprint density at radius 2 is 1.62 bits per heavy atom. The number of nitrogens with zero attached hydrogens (tertiary/aromatic N) is 1. The lowest BCUT2D eigenvalue weighted by atomic mass is 10.1. The number of benzene rings is 2. The molecule has 0 aromatic heterocycles. The summed E-state index contributed by atoms with van der Waals surface area (Å²) in [5.41, 5.74) is 8.16. The smallest absolute Gasteiger partial charge is 0.241 e. The highest BCUT2D eigenvalue weighted by atomic mass is 35.5. The molecule has 4 N–H and O–H groups in total. The van der Waals surface area contributed by atoms with Crippen LogP contribution in [0.5, 0.6) is 5.75 Å². The van der Waals surface area contributed by atoms with Crippen molar-refractivity contribution >= 4 is 48.0 Å². The van der Waals surface area contributed by atoms with Gasteiger partial charge in [-0.2, -0.15) is 0 Å². The van der Waals surface area contributed by atoms with Crippen molar-refractivity contribution in [2.24, 2.45) is 5.73 Å². The van der Waals surface area contributed by atoms with Gasteiger partial charge in [0.1, 0.15) is 5.75 Å². The average Bonchev–Trinajstić information content (AvgIpc) is 2.61. The molecule has 0 bridgehead atoms. The number of carbonyl (C=O) groups is 2. The first-order valence-electron chi connectivity index (χ1n) is 8.61. The number of likely N-dealkylation sites (N-methyl/N-ethyl adjacent to an activating group) is 1. The van der Waals surface area contributed by atoms with Crippen molar-refractivity contribution in [3.63, 3.8) is 0 Å². The molecule has 160 valence electrons. The van der Waals surface area contributed by atoms with Crippen LogP contribution in [0.2, 0.25) is 0 Å². The molecule has 2 aromatic rings. The molecule has 0 radical (unpaired) electrons. The Hall–Kier alpha value is -2.32. The lowest BCUT2D eigenvalue weighted by Gasteiger charge is -2.14. The number of methoxy groups -OCH3 is 1. The Bertz CT molecular complexity index is 786. The topological polar surface area (TPSA) is 96.7 Å². The van der Waals surface area contributed by atoms with Crippen molar-refractivity contribution in [3.8, 4) is 5.75 Å². The van der Waals surface area contributed by atoms with Gasteiger partial charge in [0.25, 0.3) is 0 Å². The lowest BCUT2D eigenvalue weighted by Crippen LogP contribution is -2.37. The van der Waals surface area contributed by atoms with Gasteiger partial charge in [0.05, 0.1) is 19.7 Å². The molecular weight excluding hydrogens is 415 g/mol. The monoisotopic (exact) mass is 442 g/mol. The van der Waals surface area contributed by atoms with E-state index in [9.17, 15) is 9.59 Å². The number of rotatable bonds is 8. The van der Waals surface area contributed by atoms with Crippen molar-refractivity contribution in [2.45, 2.75) is 12.5 Å². The maximum Gasteiger partial charge on any atom is 0.241 e. The molecule has 0 saturated carbocycles. The summed E-state index contributed by atoms with van der Waals surface area (Å²) in [6, 6.07) is 13.7. The third-order valence-electron chi connectivity index (χ3n) is 3.83. The molecule has 0 saturated heterocycles. The maximum atomic E-state index is 12.4. The fraction of sp³-hybridized carbons (Fsp3) is 0.300. The fourth-order valence-electron chi connectivity index (χ4n) is 2.51. The van der Waals surface area contributed by atoms with E-state index in [1.54, 1.807) is 36.3 Å². The average molecular weight is 443 g/mol. The normalized spacial score (nSPS) is 10.9. The summed E-state index contributed by atoms with van der Waals surface area (Å²) >= 11 is 0. The van der Waals surface area contributed by atoms with E-state index in [0.717, 1.165) is 11.3 Å². The third-order valence-corrected chi connectivity index (χ3v) is 3.83. The molecule has 0 aliphatic carbocycles. The van der Waals surface area contributed by atoms with Gasteiger partial charge in [-0.05, 0) is 56.4 Å². The van der Waals surface area contributed by atoms with E-state index in [-0.39, 0.29) is 43.2 Å². The zero-order valence-electron chi connectivity index (χ0n) is 16.7. The van der Waals surface area contributed by atoms with Gasteiger partial charge in [0.2, 0.25) is 11.8 Å². The third kappa shape index (κ3) is 9.15. The van der Waals surface area contributed by atoms with E-state index < -0.39 is 6.04 Å². The number of amides is 2. The quantitative estimate of drug-likeness (QED) is 0.583. The summed E-state index contributed by atoms with van der Waals surface area (Å²) in [4.78, 5) is 26.0. The highest BCUT2D eigenvalue weighted by Gasteiger charge is 2.15. The Morgan fingerprint density at radius 3 is 2.17 bits per heavy atom. The summed E-state index contributed by atoms with van der Waals surface area (Å²) in [5.74, 6) is 0.340. The number of anilines is 2. The first kappa shape index (κ1) is 26.7. The molecule has 0 spiro atoms. The van der Waals surface area contributed by atoms with Crippen molar-refractivity contribution in [3.05, 3.63) is 54.1 Å². The van der Waals surface area contributed by atoms with Gasteiger partial charge >= 0.3 is 0 Å². The Morgan fingerprint density at radius 1 is 1.03 bits per heavy atom. The molecule has 0 fully saturated rings. The molecule has 0 unspecified atom stereocenters. The zero-order chi connectivity index (χ0) is 19.8. The minimum absolute atomic E-state index is 0. The molecule has 1 atom stereocenters. The number of nitrogens with one attached hydrogen (secondary N) is 2. The standard InChI is InChI=1S/C20H26N4O3.2ClH/c1-24(2)13-19(25)22-15-5-4-6-16(12-15)23-20(26)18(21)11-14-7-9-17(27-3)10-8-14;;/h4-10,12,18H,11,13,21H2,1-3H3,(H,22,25)(H,23,26);2*1H/t18-;;/m0../s1. The summed E-state index contributed by atoms with van der Waals surface area (Å²) < 4.78 is 5.12. The number of nitrogens with two attached hydrogens (primary N) is 1. The molecule has 7 nitrogen and oxygen atoms in total. The molecule has 2 rings (SSSR count). The van der Waals surface area contributed by atoms with Crippen LogP contribution in [0.4, 0.5) is 11.4 Å². The highest BCUT2D eigenvalue weighted by molar-refractivity contribution is 5.96. The highest BCUT2D eigenvalue weighted by Crippen LogP contribution is 2.16. The molecule has 0 aliphatic rings. The lowest BCUT2D eigenvalue weighted by molar-refractivity contribution is -0.117. The molecule has 2 aromatic carbocycles. The number of carbonyl (C=O) groups excluding carboxylic acids is 2. The summed E-state index contributed by atoms with van der Waals surface area (Å²) in [6.45, 7) is 0.281. The van der Waals surface area contributed by atoms with Gasteiger partial charge in [-0.25, -0.2) is 0 Å². The van der Waals surface area contributed by atoms with Crippen LogP contribution >= 0.6 is 24.8 Å². The number of ether oxygens (including phenoxy) is 1. The Kier molecular flexibility index (Phi) is 12.0. The number of hydrogen-bond acceptors (Lipinski definition) is 5. The first-order valence-corrected chi connectivity index (χ1v) is 8.61. The second-order valence-corrected chi connectivity index (χ2v) is 6.51. The molecule has 2 amide bonds. The van der Waals surface area contributed by atoms with Crippen LogP contribution in [0.1, 0.15) is 5.56 Å². The minimum atomic E-state index is -0.689. The van der Waals surface area contributed by atoms with Crippen molar-refractivity contribution in [2.75, 3.05) is 38.4 Å². The van der Waals surface area contributed by atoms with E-state index in [1.807, 2.05) is 38.4 Å². The molecular formula is C20H28Cl2N4O3. The largest absolute Gasteiger partial charge is 0.497 e. The molecule has 9 heteroatoms. The Labute approximate surface area is 183 Å². The van der Waals surface area contributed by atoms with Crippen LogP contribution in [-0.4, -0.2) is 50.5 Å². The van der Waals surface area contributed by atoms with E-state index in [1.165, 1.54) is 0 Å². The summed E-state index contributed by atoms with van der Waals surface area (Å²) in [7, 11) is 5.24. The maximum absolute atomic E-state index is 12.4. The number of halogens is 2. The van der Waals surface area contributed by atoms with Gasteiger partial charge in [0.15, 0.2) is 0 Å². The predicted octanol–water partition coefficient (Wildman–Crippen LogP) is 2.55.